The summed E-state index contributed by atoms with van der Waals surface area (Å²) in [7, 11) is 0. The summed E-state index contributed by atoms with van der Waals surface area (Å²) >= 11 is 0. The number of nitrogens with zero attached hydrogens (tertiary/aromatic N) is 1. The molecule has 0 bridgehead atoms. The Kier molecular flexibility index (Phi) is 3.87. The average Bonchev–Trinajstić information content (AvgIpc) is 2.04. The molecule has 0 atom stereocenters. The summed E-state index contributed by atoms with van der Waals surface area (Å²) in [6, 6.07) is 2.60. The summed E-state index contributed by atoms with van der Waals surface area (Å²) in [6.45, 7) is 0. The van der Waals surface area contributed by atoms with Crippen LogP contribution in [0.4, 0.5) is 0 Å². The zero-order valence-corrected chi connectivity index (χ0v) is 7.34. The molecule has 1 heterocycles. The molecule has 0 spiro atoms. The maximum atomic E-state index is 10.4. The minimum absolute atomic E-state index is 0. The van der Waals surface area contributed by atoms with Crippen LogP contribution in [0.25, 0.3) is 0 Å². The number of nitrogens with one attached hydrogen (secondary N) is 1. The molecule has 1 rings (SSSR count). The largest absolute Gasteiger partial charge is 0.478 e. The Morgan fingerprint density at radius 3 is 2.69 bits per heavy atom. The number of rotatable bonds is 2. The van der Waals surface area contributed by atoms with Gasteiger partial charge in [-0.05, 0) is 12.1 Å². The first-order valence-electron chi connectivity index (χ1n) is 3.15. The molecule has 0 fully saturated rings. The van der Waals surface area contributed by atoms with E-state index in [1.807, 2.05) is 0 Å². The maximum absolute atomic E-state index is 10.4. The molecule has 0 aromatic carbocycles. The third-order valence-corrected chi connectivity index (χ3v) is 1.28. The maximum Gasteiger partial charge on any atom is 0.335 e. The van der Waals surface area contributed by atoms with Crippen LogP contribution in [-0.4, -0.2) is 21.9 Å². The zero-order valence-electron chi connectivity index (χ0n) is 6.52. The highest BCUT2D eigenvalue weighted by atomic mass is 35.5. The van der Waals surface area contributed by atoms with Crippen molar-refractivity contribution in [1.82, 2.24) is 4.98 Å². The Morgan fingerprint density at radius 1 is 1.62 bits per heavy atom. The summed E-state index contributed by atoms with van der Waals surface area (Å²) in [5.41, 5.74) is 5.37. The van der Waals surface area contributed by atoms with Crippen LogP contribution < -0.4 is 5.73 Å². The minimum atomic E-state index is -1.06. The van der Waals surface area contributed by atoms with Crippen molar-refractivity contribution in [2.24, 2.45) is 5.73 Å². The number of carbonyl (C=O) groups is 1. The van der Waals surface area contributed by atoms with E-state index in [-0.39, 0.29) is 29.5 Å². The summed E-state index contributed by atoms with van der Waals surface area (Å²) in [5, 5.41) is 15.5. The van der Waals surface area contributed by atoms with Crippen LogP contribution >= 0.6 is 12.4 Å². The van der Waals surface area contributed by atoms with Gasteiger partial charge in [-0.2, -0.15) is 0 Å². The average molecular weight is 202 g/mol. The van der Waals surface area contributed by atoms with E-state index in [9.17, 15) is 4.79 Å². The molecule has 0 saturated heterocycles. The van der Waals surface area contributed by atoms with Crippen molar-refractivity contribution in [3.05, 3.63) is 29.6 Å². The van der Waals surface area contributed by atoms with Crippen LogP contribution in [0.5, 0.6) is 0 Å². The second kappa shape index (κ2) is 4.42. The highest BCUT2D eigenvalue weighted by molar-refractivity contribution is 5.96. The molecule has 5 nitrogen and oxygen atoms in total. The third-order valence-electron chi connectivity index (χ3n) is 1.28. The lowest BCUT2D eigenvalue weighted by Crippen LogP contribution is -2.14. The highest BCUT2D eigenvalue weighted by Crippen LogP contribution is 2.00. The predicted octanol–water partition coefficient (Wildman–Crippen LogP) is 0.486. The molecule has 0 aliphatic heterocycles. The number of aromatic carboxylic acids is 1. The monoisotopic (exact) mass is 201 g/mol. The quantitative estimate of drug-likeness (QED) is 0.479. The molecular weight excluding hydrogens is 194 g/mol. The third kappa shape index (κ3) is 2.72. The Bertz CT molecular complexity index is 311. The number of carboxylic acid groups (broad SMARTS) is 1. The number of nitrogens with two attached hydrogens (primary N) is 1. The van der Waals surface area contributed by atoms with Gasteiger partial charge in [0.25, 0.3) is 0 Å². The second-order valence-electron chi connectivity index (χ2n) is 2.15. The number of hydrogen-bond donors (Lipinski definition) is 3. The molecule has 0 aliphatic carbocycles. The van der Waals surface area contributed by atoms with Gasteiger partial charge in [0.15, 0.2) is 0 Å². The lowest BCUT2D eigenvalue weighted by atomic mass is 10.2. The fourth-order valence-electron chi connectivity index (χ4n) is 0.711. The van der Waals surface area contributed by atoms with Gasteiger partial charge in [0.2, 0.25) is 0 Å². The Balaban J connectivity index is 0.00000144. The van der Waals surface area contributed by atoms with Crippen LogP contribution in [-0.2, 0) is 0 Å². The molecule has 0 amide bonds. The first-order valence-corrected chi connectivity index (χ1v) is 3.15. The Morgan fingerprint density at radius 2 is 2.23 bits per heavy atom. The first-order chi connectivity index (χ1) is 5.61. The van der Waals surface area contributed by atoms with Gasteiger partial charge in [0.05, 0.1) is 5.56 Å². The molecule has 0 unspecified atom stereocenters. The minimum Gasteiger partial charge on any atom is -0.478 e. The van der Waals surface area contributed by atoms with Gasteiger partial charge in [-0.1, -0.05) is 0 Å². The summed E-state index contributed by atoms with van der Waals surface area (Å²) < 4.78 is 0. The smallest absolute Gasteiger partial charge is 0.335 e. The van der Waals surface area contributed by atoms with E-state index in [4.69, 9.17) is 16.2 Å². The Hall–Kier alpha value is -1.62. The van der Waals surface area contributed by atoms with Gasteiger partial charge in [-0.3, -0.25) is 10.4 Å². The van der Waals surface area contributed by atoms with Crippen LogP contribution in [0.15, 0.2) is 18.3 Å². The van der Waals surface area contributed by atoms with E-state index < -0.39 is 5.97 Å². The van der Waals surface area contributed by atoms with Crippen molar-refractivity contribution in [1.29, 1.82) is 5.41 Å². The second-order valence-corrected chi connectivity index (χ2v) is 2.15. The van der Waals surface area contributed by atoms with Crippen LogP contribution in [0.3, 0.4) is 0 Å². The topological polar surface area (TPSA) is 100 Å². The SMILES string of the molecule is Cl.N=C(N)c1cc(C(=O)O)ccn1. The lowest BCUT2D eigenvalue weighted by Gasteiger charge is -1.97. The number of carboxylic acids is 1. The normalized spacial score (nSPS) is 8.62. The molecule has 13 heavy (non-hydrogen) atoms. The number of nitrogen functional groups attached to an aromatic ring is 1. The number of aromatic nitrogens is 1. The van der Waals surface area contributed by atoms with Crippen LogP contribution in [0.1, 0.15) is 16.1 Å². The fourth-order valence-corrected chi connectivity index (χ4v) is 0.711. The number of hydrogen-bond acceptors (Lipinski definition) is 3. The van der Waals surface area contributed by atoms with Gasteiger partial charge in [0.1, 0.15) is 11.5 Å². The van der Waals surface area contributed by atoms with Crippen LogP contribution in [0.2, 0.25) is 0 Å². The predicted molar refractivity (Wildman–Crippen MR) is 49.5 cm³/mol. The van der Waals surface area contributed by atoms with Gasteiger partial charge in [0, 0.05) is 6.20 Å². The molecule has 1 aromatic heterocycles. The van der Waals surface area contributed by atoms with Crippen molar-refractivity contribution in [3.63, 3.8) is 0 Å². The Labute approximate surface area is 80.5 Å². The molecular formula is C7H8ClN3O2. The van der Waals surface area contributed by atoms with Gasteiger partial charge in [-0.25, -0.2) is 4.79 Å². The van der Waals surface area contributed by atoms with Gasteiger partial charge >= 0.3 is 5.97 Å². The highest BCUT2D eigenvalue weighted by Gasteiger charge is 2.04. The van der Waals surface area contributed by atoms with Crippen molar-refractivity contribution in [2.45, 2.75) is 0 Å². The van der Waals surface area contributed by atoms with E-state index in [2.05, 4.69) is 4.98 Å². The number of amidine groups is 1. The fraction of sp³-hybridized carbons (Fsp3) is 0. The molecule has 0 aliphatic rings. The zero-order chi connectivity index (χ0) is 9.14. The molecule has 70 valence electrons. The van der Waals surface area contributed by atoms with E-state index in [0.29, 0.717) is 0 Å². The van der Waals surface area contributed by atoms with Gasteiger partial charge < -0.3 is 10.8 Å². The summed E-state index contributed by atoms with van der Waals surface area (Å²) in [4.78, 5) is 14.1. The lowest BCUT2D eigenvalue weighted by molar-refractivity contribution is 0.0696. The van der Waals surface area contributed by atoms with Crippen molar-refractivity contribution in [2.75, 3.05) is 0 Å². The molecule has 6 heteroatoms. The van der Waals surface area contributed by atoms with Crippen molar-refractivity contribution in [3.8, 4) is 0 Å². The molecule has 1 aromatic rings. The van der Waals surface area contributed by atoms with Crippen molar-refractivity contribution >= 4 is 24.2 Å². The van der Waals surface area contributed by atoms with E-state index in [1.54, 1.807) is 0 Å². The molecule has 0 radical (unpaired) electrons. The van der Waals surface area contributed by atoms with E-state index in [1.165, 1.54) is 18.3 Å². The van der Waals surface area contributed by atoms with E-state index >= 15 is 0 Å². The number of halogens is 1. The number of pyridine rings is 1. The van der Waals surface area contributed by atoms with E-state index in [0.717, 1.165) is 0 Å². The standard InChI is InChI=1S/C7H7N3O2.ClH/c8-6(9)5-3-4(7(11)12)1-2-10-5;/h1-3H,(H3,8,9)(H,11,12);1H. The summed E-state index contributed by atoms with van der Waals surface area (Å²) in [6.07, 6.45) is 1.31. The van der Waals surface area contributed by atoms with Gasteiger partial charge in [-0.15, -0.1) is 12.4 Å². The first kappa shape index (κ1) is 11.4. The molecule has 0 saturated carbocycles. The summed E-state index contributed by atoms with van der Waals surface area (Å²) in [5.74, 6) is -1.29. The van der Waals surface area contributed by atoms with Crippen LogP contribution in [0, 0.1) is 5.41 Å². The molecule has 4 N–H and O–H groups in total. The van der Waals surface area contributed by atoms with Crippen molar-refractivity contribution < 1.29 is 9.90 Å².